The molecule has 2 amide bonds. The number of aromatic nitrogens is 2. The van der Waals surface area contributed by atoms with E-state index in [4.69, 9.17) is 16.7 Å². The smallest absolute Gasteiger partial charge is 0.315 e. The predicted molar refractivity (Wildman–Crippen MR) is 84.7 cm³/mol. The van der Waals surface area contributed by atoms with Crippen LogP contribution in [-0.2, 0) is 7.05 Å². The molecule has 118 valence electrons. The van der Waals surface area contributed by atoms with Gasteiger partial charge >= 0.3 is 6.03 Å². The summed E-state index contributed by atoms with van der Waals surface area (Å²) in [7, 11) is 1.87. The zero-order valence-electron chi connectivity index (χ0n) is 12.3. The van der Waals surface area contributed by atoms with Crippen molar-refractivity contribution in [1.82, 2.24) is 20.2 Å². The summed E-state index contributed by atoms with van der Waals surface area (Å²) in [5.41, 5.74) is 0.885. The van der Waals surface area contributed by atoms with E-state index in [1.54, 1.807) is 18.3 Å². The number of nitrogens with zero attached hydrogens (tertiary/aromatic N) is 2. The summed E-state index contributed by atoms with van der Waals surface area (Å²) in [6.07, 6.45) is 4.02. The fraction of sp³-hybridized carbons (Fsp3) is 0.333. The van der Waals surface area contributed by atoms with Crippen LogP contribution in [-0.4, -0.2) is 33.8 Å². The lowest BCUT2D eigenvalue weighted by Gasteiger charge is -2.19. The molecule has 1 heterocycles. The molecule has 0 aliphatic carbocycles. The highest BCUT2D eigenvalue weighted by Crippen LogP contribution is 2.22. The Morgan fingerprint density at radius 3 is 2.73 bits per heavy atom. The number of nitrogens with one attached hydrogen (secondary N) is 2. The van der Waals surface area contributed by atoms with Gasteiger partial charge in [0.2, 0.25) is 0 Å². The quantitative estimate of drug-likeness (QED) is 0.710. The Morgan fingerprint density at radius 1 is 1.41 bits per heavy atom. The molecule has 0 fully saturated rings. The molecule has 0 unspecified atom stereocenters. The van der Waals surface area contributed by atoms with Crippen molar-refractivity contribution in [3.63, 3.8) is 0 Å². The maximum Gasteiger partial charge on any atom is 0.315 e. The van der Waals surface area contributed by atoms with Crippen LogP contribution in [0.25, 0.3) is 0 Å². The number of rotatable bonds is 6. The van der Waals surface area contributed by atoms with Crippen LogP contribution in [0.15, 0.2) is 36.7 Å². The third kappa shape index (κ3) is 4.22. The average molecular weight is 323 g/mol. The van der Waals surface area contributed by atoms with Crippen molar-refractivity contribution in [2.45, 2.75) is 12.5 Å². The number of hydrogen-bond acceptors (Lipinski definition) is 3. The Bertz CT molecular complexity index is 612. The van der Waals surface area contributed by atoms with E-state index in [2.05, 4.69) is 15.6 Å². The third-order valence-electron chi connectivity index (χ3n) is 3.22. The van der Waals surface area contributed by atoms with E-state index in [1.807, 2.05) is 29.9 Å². The maximum atomic E-state index is 12.0. The van der Waals surface area contributed by atoms with E-state index in [9.17, 15) is 4.79 Å². The van der Waals surface area contributed by atoms with Crippen molar-refractivity contribution < 1.29 is 9.90 Å². The molecule has 1 aromatic carbocycles. The summed E-state index contributed by atoms with van der Waals surface area (Å²) >= 11 is 5.92. The van der Waals surface area contributed by atoms with Crippen molar-refractivity contribution in [2.24, 2.45) is 7.05 Å². The van der Waals surface area contributed by atoms with E-state index in [1.165, 1.54) is 0 Å². The molecule has 0 radical (unpaired) electrons. The molecule has 2 rings (SSSR count). The molecule has 22 heavy (non-hydrogen) atoms. The molecule has 1 aromatic heterocycles. The zero-order chi connectivity index (χ0) is 15.9. The second-order valence-electron chi connectivity index (χ2n) is 4.86. The Balaban J connectivity index is 2.17. The highest BCUT2D eigenvalue weighted by molar-refractivity contribution is 6.30. The minimum absolute atomic E-state index is 0.0419. The SMILES string of the molecule is Cn1ccnc1[C@@H](NC(=O)NCCCO)c1ccc(Cl)cc1. The first-order chi connectivity index (χ1) is 10.6. The van der Waals surface area contributed by atoms with E-state index >= 15 is 0 Å². The van der Waals surface area contributed by atoms with Crippen molar-refractivity contribution in [3.8, 4) is 0 Å². The second-order valence-corrected chi connectivity index (χ2v) is 5.29. The number of halogens is 1. The first-order valence-corrected chi connectivity index (χ1v) is 7.37. The van der Waals surface area contributed by atoms with Crippen molar-refractivity contribution in [3.05, 3.63) is 53.1 Å². The number of carbonyl (C=O) groups is 1. The highest BCUT2D eigenvalue weighted by Gasteiger charge is 2.20. The number of carbonyl (C=O) groups excluding carboxylic acids is 1. The van der Waals surface area contributed by atoms with Gasteiger partial charge in [0.1, 0.15) is 11.9 Å². The summed E-state index contributed by atoms with van der Waals surface area (Å²) in [6, 6.07) is 6.57. The third-order valence-corrected chi connectivity index (χ3v) is 3.47. The van der Waals surface area contributed by atoms with Gasteiger partial charge in [-0.2, -0.15) is 0 Å². The highest BCUT2D eigenvalue weighted by atomic mass is 35.5. The number of aliphatic hydroxyl groups excluding tert-OH is 1. The Kier molecular flexibility index (Phi) is 5.80. The minimum Gasteiger partial charge on any atom is -0.396 e. The van der Waals surface area contributed by atoms with Gasteiger partial charge < -0.3 is 20.3 Å². The summed E-state index contributed by atoms with van der Waals surface area (Å²) in [5.74, 6) is 0.722. The summed E-state index contributed by atoms with van der Waals surface area (Å²) in [5, 5.41) is 15.0. The van der Waals surface area contributed by atoms with Crippen LogP contribution < -0.4 is 10.6 Å². The minimum atomic E-state index is -0.383. The van der Waals surface area contributed by atoms with E-state index in [0.717, 1.165) is 11.4 Å². The standard InChI is InChI=1S/C15H19ClN4O2/c1-20-9-8-17-14(20)13(11-3-5-12(16)6-4-11)19-15(22)18-7-2-10-21/h3-6,8-9,13,21H,2,7,10H2,1H3,(H2,18,19,22)/t13-/m0/s1. The molecular weight excluding hydrogens is 304 g/mol. The fourth-order valence-electron chi connectivity index (χ4n) is 2.07. The van der Waals surface area contributed by atoms with Gasteiger partial charge in [-0.3, -0.25) is 0 Å². The zero-order valence-corrected chi connectivity index (χ0v) is 13.0. The lowest BCUT2D eigenvalue weighted by atomic mass is 10.1. The molecule has 1 atom stereocenters. The van der Waals surface area contributed by atoms with Crippen LogP contribution >= 0.6 is 11.6 Å². The van der Waals surface area contributed by atoms with Gasteiger partial charge in [-0.05, 0) is 24.1 Å². The van der Waals surface area contributed by atoms with Crippen LogP contribution in [0.5, 0.6) is 0 Å². The lowest BCUT2D eigenvalue weighted by molar-refractivity contribution is 0.235. The van der Waals surface area contributed by atoms with Gasteiger partial charge in [0, 0.05) is 37.6 Å². The first-order valence-electron chi connectivity index (χ1n) is 6.99. The Hall–Kier alpha value is -2.05. The molecule has 0 aliphatic rings. The van der Waals surface area contributed by atoms with Crippen molar-refractivity contribution >= 4 is 17.6 Å². The molecule has 0 saturated carbocycles. The molecule has 3 N–H and O–H groups in total. The first kappa shape index (κ1) is 16.3. The number of hydrogen-bond donors (Lipinski definition) is 3. The van der Waals surface area contributed by atoms with Gasteiger partial charge in [-0.1, -0.05) is 23.7 Å². The van der Waals surface area contributed by atoms with Gasteiger partial charge in [-0.25, -0.2) is 9.78 Å². The van der Waals surface area contributed by atoms with Gasteiger partial charge in [0.15, 0.2) is 0 Å². The molecule has 0 aliphatic heterocycles. The van der Waals surface area contributed by atoms with Crippen LogP contribution in [0.2, 0.25) is 5.02 Å². The van der Waals surface area contributed by atoms with Crippen LogP contribution in [0.1, 0.15) is 23.9 Å². The lowest BCUT2D eigenvalue weighted by Crippen LogP contribution is -2.39. The number of benzene rings is 1. The average Bonchev–Trinajstić information content (AvgIpc) is 2.92. The molecule has 6 nitrogen and oxygen atoms in total. The predicted octanol–water partition coefficient (Wildman–Crippen LogP) is 1.84. The van der Waals surface area contributed by atoms with Crippen LogP contribution in [0.4, 0.5) is 4.79 Å². The molecule has 7 heteroatoms. The maximum absolute atomic E-state index is 12.0. The summed E-state index contributed by atoms with van der Waals surface area (Å²) in [4.78, 5) is 16.3. The summed E-state index contributed by atoms with van der Waals surface area (Å²) in [6.45, 7) is 0.455. The van der Waals surface area contributed by atoms with Crippen molar-refractivity contribution in [1.29, 1.82) is 0 Å². The second kappa shape index (κ2) is 7.82. The number of aliphatic hydroxyl groups is 1. The normalized spacial score (nSPS) is 12.0. The molecule has 0 spiro atoms. The molecular formula is C15H19ClN4O2. The molecule has 0 bridgehead atoms. The van der Waals surface area contributed by atoms with Crippen LogP contribution in [0, 0.1) is 0 Å². The fourth-order valence-corrected chi connectivity index (χ4v) is 2.20. The van der Waals surface area contributed by atoms with E-state index in [-0.39, 0.29) is 18.7 Å². The van der Waals surface area contributed by atoms with E-state index in [0.29, 0.717) is 18.0 Å². The molecule has 0 saturated heterocycles. The number of urea groups is 1. The van der Waals surface area contributed by atoms with E-state index < -0.39 is 0 Å². The van der Waals surface area contributed by atoms with Crippen LogP contribution in [0.3, 0.4) is 0 Å². The number of imidazole rings is 1. The Labute approximate surface area is 134 Å². The molecule has 2 aromatic rings. The van der Waals surface area contributed by atoms with Gasteiger partial charge in [0.05, 0.1) is 0 Å². The van der Waals surface area contributed by atoms with Gasteiger partial charge in [0.25, 0.3) is 0 Å². The monoisotopic (exact) mass is 322 g/mol. The topological polar surface area (TPSA) is 79.2 Å². The van der Waals surface area contributed by atoms with Gasteiger partial charge in [-0.15, -0.1) is 0 Å². The largest absolute Gasteiger partial charge is 0.396 e. The Morgan fingerprint density at radius 2 is 2.14 bits per heavy atom. The summed E-state index contributed by atoms with van der Waals surface area (Å²) < 4.78 is 1.85. The number of aryl methyl sites for hydroxylation is 1. The van der Waals surface area contributed by atoms with Crippen molar-refractivity contribution in [2.75, 3.05) is 13.2 Å². The number of amides is 2.